The van der Waals surface area contributed by atoms with Gasteiger partial charge in [0.05, 0.1) is 16.3 Å². The van der Waals surface area contributed by atoms with Crippen LogP contribution in [0.5, 0.6) is 0 Å². The Morgan fingerprint density at radius 3 is 2.08 bits per heavy atom. The van der Waals surface area contributed by atoms with Gasteiger partial charge in [0.2, 0.25) is 0 Å². The molecule has 0 heterocycles. The maximum atomic E-state index is 5.87. The second-order valence-corrected chi connectivity index (χ2v) is 3.88. The van der Waals surface area contributed by atoms with Gasteiger partial charge in [-0.2, -0.15) is 0 Å². The van der Waals surface area contributed by atoms with Gasteiger partial charge < -0.3 is 11.5 Å². The fourth-order valence-corrected chi connectivity index (χ4v) is 1.98. The lowest BCUT2D eigenvalue weighted by Gasteiger charge is -2.15. The predicted octanol–water partition coefficient (Wildman–Crippen LogP) is 2.30. The summed E-state index contributed by atoms with van der Waals surface area (Å²) in [4.78, 5) is 1.43. The molecular weight excluding hydrogens is 200 g/mol. The number of nitrogen functional groups attached to an aromatic ring is 2. The van der Waals surface area contributed by atoms with Crippen LogP contribution in [0.2, 0.25) is 0 Å². The first kappa shape index (κ1) is 10.6. The van der Waals surface area contributed by atoms with Gasteiger partial charge in [-0.3, -0.25) is 0 Å². The molecule has 4 heteroatoms. The first-order valence-corrected chi connectivity index (χ1v) is 4.98. The molecule has 2 nitrogen and oxygen atoms in total. The topological polar surface area (TPSA) is 52.0 Å². The zero-order valence-electron chi connectivity index (χ0n) is 7.76. The van der Waals surface area contributed by atoms with E-state index in [1.807, 2.05) is 6.92 Å². The molecule has 0 aromatic heterocycles. The summed E-state index contributed by atoms with van der Waals surface area (Å²) in [6.45, 7) is 4.02. The lowest BCUT2D eigenvalue weighted by Crippen LogP contribution is -2.03. The molecule has 0 saturated heterocycles. The molecule has 13 heavy (non-hydrogen) atoms. The minimum Gasteiger partial charge on any atom is -0.398 e. The molecule has 0 unspecified atom stereocenters. The van der Waals surface area contributed by atoms with E-state index in [0.717, 1.165) is 22.4 Å². The van der Waals surface area contributed by atoms with Crippen molar-refractivity contribution >= 4 is 36.6 Å². The predicted molar refractivity (Wildman–Crippen MR) is 63.9 cm³/mol. The van der Waals surface area contributed by atoms with E-state index in [1.54, 1.807) is 0 Å². The monoisotopic (exact) mass is 214 g/mol. The highest BCUT2D eigenvalue weighted by Gasteiger charge is 2.12. The second-order valence-electron chi connectivity index (χ2n) is 2.98. The Hall–Kier alpha value is -0.480. The highest BCUT2D eigenvalue weighted by Crippen LogP contribution is 2.36. The van der Waals surface area contributed by atoms with Crippen molar-refractivity contribution in [3.05, 3.63) is 11.1 Å². The minimum atomic E-state index is 0.568. The Bertz CT molecular complexity index is 319. The van der Waals surface area contributed by atoms with Gasteiger partial charge >= 0.3 is 0 Å². The first-order valence-electron chi connectivity index (χ1n) is 4.09. The zero-order valence-corrected chi connectivity index (χ0v) is 9.55. The maximum absolute atomic E-state index is 5.87. The Kier molecular flexibility index (Phi) is 3.03. The van der Waals surface area contributed by atoms with Gasteiger partial charge in [-0.25, -0.2) is 0 Å². The van der Waals surface area contributed by atoms with Crippen LogP contribution in [0.3, 0.4) is 0 Å². The first-order chi connectivity index (χ1) is 6.00. The van der Waals surface area contributed by atoms with Crippen molar-refractivity contribution in [1.82, 2.24) is 0 Å². The lowest BCUT2D eigenvalue weighted by molar-refractivity contribution is 1.07. The van der Waals surface area contributed by atoms with Crippen molar-refractivity contribution in [2.45, 2.75) is 30.1 Å². The zero-order chi connectivity index (χ0) is 10.2. The molecule has 72 valence electrons. The summed E-state index contributed by atoms with van der Waals surface area (Å²) in [5.41, 5.74) is 15.0. The average Bonchev–Trinajstić information content (AvgIpc) is 2.13. The fourth-order valence-electron chi connectivity index (χ4n) is 1.40. The number of benzene rings is 1. The van der Waals surface area contributed by atoms with Crippen LogP contribution in [-0.2, 0) is 6.42 Å². The van der Waals surface area contributed by atoms with E-state index in [2.05, 4.69) is 32.2 Å². The number of nitrogens with two attached hydrogens (primary N) is 2. The minimum absolute atomic E-state index is 0.568. The molecule has 0 atom stereocenters. The summed E-state index contributed by atoms with van der Waals surface area (Å²) in [7, 11) is 0. The number of anilines is 2. The van der Waals surface area contributed by atoms with Gasteiger partial charge in [0.1, 0.15) is 0 Å². The van der Waals surface area contributed by atoms with Gasteiger partial charge in [-0.05, 0) is 24.5 Å². The molecule has 0 bridgehead atoms. The fraction of sp³-hybridized carbons (Fsp3) is 0.333. The van der Waals surface area contributed by atoms with Gasteiger partial charge in [-0.1, -0.05) is 6.92 Å². The van der Waals surface area contributed by atoms with Crippen molar-refractivity contribution in [3.8, 4) is 0 Å². The summed E-state index contributed by atoms with van der Waals surface area (Å²) >= 11 is 8.58. The summed E-state index contributed by atoms with van der Waals surface area (Å²) in [5.74, 6) is 0. The van der Waals surface area contributed by atoms with Crippen LogP contribution < -0.4 is 11.5 Å². The summed E-state index contributed by atoms with van der Waals surface area (Å²) in [5, 5.41) is 0. The highest BCUT2D eigenvalue weighted by atomic mass is 32.1. The standard InChI is InChI=1S/C9H14N2S2/c1-3-5-4(2)8(12)7(11)9(13)6(5)10/h12-13H,3,10-11H2,1-2H3. The third kappa shape index (κ3) is 1.60. The lowest BCUT2D eigenvalue weighted by atomic mass is 10.0. The van der Waals surface area contributed by atoms with E-state index in [1.165, 1.54) is 0 Å². The molecule has 0 amide bonds. The Morgan fingerprint density at radius 2 is 1.62 bits per heavy atom. The van der Waals surface area contributed by atoms with Crippen molar-refractivity contribution in [1.29, 1.82) is 0 Å². The quantitative estimate of drug-likeness (QED) is 0.428. The molecule has 0 aliphatic heterocycles. The molecule has 0 saturated carbocycles. The second kappa shape index (κ2) is 3.72. The summed E-state index contributed by atoms with van der Waals surface area (Å²) in [6.07, 6.45) is 0.874. The average molecular weight is 214 g/mol. The van der Waals surface area contributed by atoms with Crippen LogP contribution in [0.25, 0.3) is 0 Å². The summed E-state index contributed by atoms with van der Waals surface area (Å²) in [6, 6.07) is 0. The Labute approximate surface area is 89.5 Å². The van der Waals surface area contributed by atoms with Crippen LogP contribution in [0.15, 0.2) is 9.79 Å². The van der Waals surface area contributed by atoms with Crippen molar-refractivity contribution in [2.24, 2.45) is 0 Å². The van der Waals surface area contributed by atoms with Gasteiger partial charge in [0.25, 0.3) is 0 Å². The van der Waals surface area contributed by atoms with E-state index in [4.69, 9.17) is 11.5 Å². The third-order valence-corrected chi connectivity index (χ3v) is 3.31. The molecule has 4 N–H and O–H groups in total. The van der Waals surface area contributed by atoms with Crippen molar-refractivity contribution in [2.75, 3.05) is 11.5 Å². The maximum Gasteiger partial charge on any atom is 0.0609 e. The van der Waals surface area contributed by atoms with E-state index >= 15 is 0 Å². The van der Waals surface area contributed by atoms with Crippen molar-refractivity contribution in [3.63, 3.8) is 0 Å². The molecule has 1 aromatic rings. The molecule has 1 aromatic carbocycles. The number of thiol groups is 2. The SMILES string of the molecule is CCc1c(C)c(S)c(N)c(S)c1N. The molecule has 1 rings (SSSR count). The van der Waals surface area contributed by atoms with Crippen LogP contribution in [0.4, 0.5) is 11.4 Å². The van der Waals surface area contributed by atoms with Crippen LogP contribution >= 0.6 is 25.3 Å². The molecule has 0 fully saturated rings. The molecule has 0 radical (unpaired) electrons. The highest BCUT2D eigenvalue weighted by molar-refractivity contribution is 7.81. The van der Waals surface area contributed by atoms with E-state index < -0.39 is 0 Å². The normalized spacial score (nSPS) is 10.5. The largest absolute Gasteiger partial charge is 0.398 e. The van der Waals surface area contributed by atoms with E-state index in [9.17, 15) is 0 Å². The molecule has 0 aliphatic carbocycles. The number of hydrogen-bond donors (Lipinski definition) is 4. The van der Waals surface area contributed by atoms with Crippen LogP contribution in [0.1, 0.15) is 18.1 Å². The van der Waals surface area contributed by atoms with E-state index in [-0.39, 0.29) is 0 Å². The Morgan fingerprint density at radius 1 is 1.08 bits per heavy atom. The summed E-state index contributed by atoms with van der Waals surface area (Å²) < 4.78 is 0. The molecule has 0 spiro atoms. The Balaban J connectivity index is 3.56. The third-order valence-electron chi connectivity index (χ3n) is 2.25. The van der Waals surface area contributed by atoms with Crippen LogP contribution in [-0.4, -0.2) is 0 Å². The van der Waals surface area contributed by atoms with Crippen molar-refractivity contribution < 1.29 is 0 Å². The van der Waals surface area contributed by atoms with E-state index in [0.29, 0.717) is 16.3 Å². The van der Waals surface area contributed by atoms with Gasteiger partial charge in [0, 0.05) is 4.90 Å². The van der Waals surface area contributed by atoms with Gasteiger partial charge in [-0.15, -0.1) is 25.3 Å². The smallest absolute Gasteiger partial charge is 0.0609 e. The number of hydrogen-bond acceptors (Lipinski definition) is 4. The number of rotatable bonds is 1. The van der Waals surface area contributed by atoms with Gasteiger partial charge in [0.15, 0.2) is 0 Å². The molecular formula is C9H14N2S2. The van der Waals surface area contributed by atoms with Crippen LogP contribution in [0, 0.1) is 6.92 Å². The molecule has 0 aliphatic rings.